The van der Waals surface area contributed by atoms with E-state index in [0.29, 0.717) is 99.6 Å². The maximum atomic E-state index is 14.6. The molecule has 0 aliphatic heterocycles. The van der Waals surface area contributed by atoms with Crippen LogP contribution in [0.3, 0.4) is 0 Å². The van der Waals surface area contributed by atoms with Crippen LogP contribution in [0.5, 0.6) is 23.0 Å². The summed E-state index contributed by atoms with van der Waals surface area (Å²) in [6.45, 7) is 2.44. The Hall–Kier alpha value is -9.10. The van der Waals surface area contributed by atoms with E-state index in [0.717, 1.165) is 68.6 Å². The van der Waals surface area contributed by atoms with Crippen LogP contribution in [0.15, 0.2) is 146 Å². The summed E-state index contributed by atoms with van der Waals surface area (Å²) in [6, 6.07) is 14.7. The number of carbonyl (C=O) groups excluding carboxylic acids is 4. The fourth-order valence-corrected chi connectivity index (χ4v) is 11.1. The van der Waals surface area contributed by atoms with Crippen molar-refractivity contribution in [3.8, 4) is 23.0 Å². The Balaban J connectivity index is 0.000000277. The molecule has 0 aromatic heterocycles. The maximum absolute atomic E-state index is 14.6. The fraction of sp³-hybridized carbons (Fsp3) is 0.294. The topological polar surface area (TPSA) is 208 Å². The molecule has 8 aromatic carbocycles. The number of Topliss-reactive ketones (excluding diaryl/α,β-unsaturated/α-hetero) is 1. The van der Waals surface area contributed by atoms with E-state index in [-0.39, 0.29) is 35.7 Å². The van der Waals surface area contributed by atoms with Gasteiger partial charge >= 0.3 is 55.4 Å². The number of hydrogen-bond donors (Lipinski definition) is 6. The first-order valence-corrected chi connectivity index (χ1v) is 29.8. The van der Waals surface area contributed by atoms with E-state index in [1.54, 1.807) is 0 Å². The van der Waals surface area contributed by atoms with E-state index in [1.165, 1.54) is 0 Å². The van der Waals surface area contributed by atoms with Crippen LogP contribution < -0.4 is 9.47 Å². The SMILES string of the molecule is CC(O)(c1ccc2c(O)c(C(C)(O)C(F)(F)F)ccc2c1O)C(F)(F)F.COc1c(C(C)(O)C(F)(F)F)ccc2c(OC(=O)c3ccc(C(c4ccc(C(C)=O)cc4)(C(F)(F)F)C(F)(F)F)cc3)c(C(C)(O)C(F)(F)F)ccc12.O=C(Cl)c1ccc(C(c2ccc(C(=O)Cl)cc2)(C(F)(F)F)C(F)(F)F)cc1. The summed E-state index contributed by atoms with van der Waals surface area (Å²) in [4.78, 5) is 47.0. The van der Waals surface area contributed by atoms with E-state index in [2.05, 4.69) is 0 Å². The number of hydrogen-bond acceptors (Lipinski definition) is 12. The van der Waals surface area contributed by atoms with E-state index in [1.807, 2.05) is 0 Å². The average molecular weight is 1580 g/mol. The monoisotopic (exact) mass is 1580 g/mol. The van der Waals surface area contributed by atoms with Crippen molar-refractivity contribution in [2.75, 3.05) is 7.11 Å². The number of rotatable bonds is 14. The molecule has 0 amide bonds. The molecule has 0 heterocycles. The first-order valence-electron chi connectivity index (χ1n) is 29.0. The number of ether oxygens (including phenoxy) is 2. The molecule has 8 aromatic rings. The Morgan fingerprint density at radius 1 is 0.311 bits per heavy atom. The largest absolute Gasteiger partial charge is 0.507 e. The van der Waals surface area contributed by atoms with E-state index < -0.39 is 199 Å². The summed E-state index contributed by atoms with van der Waals surface area (Å²) in [6.07, 6.45) is -44.8. The van der Waals surface area contributed by atoms with Crippen LogP contribution in [0, 0.1) is 0 Å². The molecule has 0 spiro atoms. The van der Waals surface area contributed by atoms with Crippen molar-refractivity contribution in [2.24, 2.45) is 0 Å². The molecule has 0 saturated carbocycles. The molecule has 4 unspecified atom stereocenters. The van der Waals surface area contributed by atoms with Crippen LogP contribution in [0.25, 0.3) is 21.5 Å². The van der Waals surface area contributed by atoms with Crippen LogP contribution in [-0.4, -0.2) is 109 Å². The highest BCUT2D eigenvalue weighted by molar-refractivity contribution is 6.68. The highest BCUT2D eigenvalue weighted by atomic mass is 35.5. The normalized spacial score (nSPS) is 15.3. The molecule has 12 nitrogen and oxygen atoms in total. The van der Waals surface area contributed by atoms with Gasteiger partial charge in [-0.25, -0.2) is 4.79 Å². The summed E-state index contributed by atoms with van der Waals surface area (Å²) in [5.74, 6) is -6.31. The number of carbonyl (C=O) groups is 4. The predicted molar refractivity (Wildman–Crippen MR) is 327 cm³/mol. The molecule has 106 heavy (non-hydrogen) atoms. The summed E-state index contributed by atoms with van der Waals surface area (Å²) >= 11 is 10.4. The van der Waals surface area contributed by atoms with Crippen LogP contribution in [-0.2, 0) is 33.2 Å². The maximum Gasteiger partial charge on any atom is 0.421 e. The van der Waals surface area contributed by atoms with Gasteiger partial charge in [0.05, 0.1) is 12.7 Å². The molecule has 38 heteroatoms. The van der Waals surface area contributed by atoms with Crippen molar-refractivity contribution in [1.29, 1.82) is 0 Å². The first kappa shape index (κ1) is 85.8. The summed E-state index contributed by atoms with van der Waals surface area (Å²) in [5, 5.41) is 56.4. The third-order valence-corrected chi connectivity index (χ3v) is 17.5. The molecule has 574 valence electrons. The smallest absolute Gasteiger partial charge is 0.421 e. The van der Waals surface area contributed by atoms with E-state index >= 15 is 0 Å². The van der Waals surface area contributed by atoms with Gasteiger partial charge in [0.15, 0.2) is 28.2 Å². The van der Waals surface area contributed by atoms with E-state index in [4.69, 9.17) is 32.7 Å². The number of methoxy groups -OCH3 is 1. The second kappa shape index (κ2) is 28.9. The zero-order valence-electron chi connectivity index (χ0n) is 53.8. The molecule has 6 N–H and O–H groups in total. The minimum Gasteiger partial charge on any atom is -0.507 e. The number of benzene rings is 8. The van der Waals surface area contributed by atoms with Gasteiger partial charge in [-0.05, 0) is 141 Å². The number of phenols is 2. The number of fused-ring (bicyclic) bond motifs is 2. The zero-order chi connectivity index (χ0) is 81.2. The van der Waals surface area contributed by atoms with Gasteiger partial charge < -0.3 is 40.1 Å². The van der Waals surface area contributed by atoms with Crippen molar-refractivity contribution < 1.29 is 165 Å². The first-order chi connectivity index (χ1) is 47.9. The molecule has 4 atom stereocenters. The molecule has 0 bridgehead atoms. The zero-order valence-corrected chi connectivity index (χ0v) is 55.3. The number of halogens is 26. The second-order valence-electron chi connectivity index (χ2n) is 23.8. The lowest BCUT2D eigenvalue weighted by atomic mass is 9.72. The molecular formula is C68H48Cl2F24O12. The van der Waals surface area contributed by atoms with Crippen molar-refractivity contribution >= 4 is 67.0 Å². The van der Waals surface area contributed by atoms with Gasteiger partial charge in [-0.2, -0.15) is 105 Å². The van der Waals surface area contributed by atoms with Gasteiger partial charge in [0.1, 0.15) is 23.0 Å². The van der Waals surface area contributed by atoms with E-state index in [9.17, 15) is 155 Å². The lowest BCUT2D eigenvalue weighted by Gasteiger charge is -2.38. The molecular weight excluding hydrogens is 1540 g/mol. The second-order valence-corrected chi connectivity index (χ2v) is 24.5. The van der Waals surface area contributed by atoms with Crippen LogP contribution in [0.4, 0.5) is 105 Å². The lowest BCUT2D eigenvalue weighted by molar-refractivity contribution is -0.290. The van der Waals surface area contributed by atoms with Crippen LogP contribution >= 0.6 is 23.2 Å². The Labute approximate surface area is 589 Å². The Morgan fingerprint density at radius 3 is 0.783 bits per heavy atom. The summed E-state index contributed by atoms with van der Waals surface area (Å²) < 4.78 is 342. The number of esters is 1. The van der Waals surface area contributed by atoms with Gasteiger partial charge in [-0.3, -0.25) is 14.4 Å². The number of ketones is 1. The predicted octanol–water partition coefficient (Wildman–Crippen LogP) is 18.9. The Bertz CT molecular complexity index is 4450. The third kappa shape index (κ3) is 15.4. The minimum absolute atomic E-state index is 0.193. The van der Waals surface area contributed by atoms with Crippen molar-refractivity contribution in [3.05, 3.63) is 212 Å². The number of aromatic hydroxyl groups is 2. The average Bonchev–Trinajstić information content (AvgIpc) is 0.721. The number of alkyl halides is 24. The van der Waals surface area contributed by atoms with Gasteiger partial charge in [0.25, 0.3) is 10.5 Å². The summed E-state index contributed by atoms with van der Waals surface area (Å²) in [5.41, 5.74) is -34.0. The quantitative estimate of drug-likeness (QED) is 0.0198. The van der Waals surface area contributed by atoms with Gasteiger partial charge in [0.2, 0.25) is 10.8 Å². The molecule has 8 rings (SSSR count). The Morgan fingerprint density at radius 2 is 0.538 bits per heavy atom. The highest BCUT2D eigenvalue weighted by Crippen LogP contribution is 2.59. The molecule has 0 fully saturated rings. The minimum atomic E-state index is -6.07. The van der Waals surface area contributed by atoms with Gasteiger partial charge in [-0.15, -0.1) is 0 Å². The third-order valence-electron chi connectivity index (χ3n) is 17.0. The highest BCUT2D eigenvalue weighted by Gasteiger charge is 2.74. The standard InChI is InChI=1S/C35H26F12O6.C17H8Cl2F6O2.C16H14F6O4/c1-17(48)18-5-9-20(10-6-18)31(34(42,43)44,35(45,46)47)21-11-7-19(8-12-21)28(49)53-27-23-14-15-24(29(2,50)32(36,37)38)26(52-4)22(23)13-16-25(27)30(3,51)33(39,40)41;18-13(26)9-1-5-11(6-2-9)15(16(20,21)22,17(23,24)25)12-7-3-10(4-8-12)14(19)27;1-13(25,15(17,18)19)9-5-3-8-7(11(9)23)4-6-10(12(8)24)14(2,26)16(20,21)22/h5-16,50-51H,1-4H3;1-8H;3-6,23-26H,1-2H3. The van der Waals surface area contributed by atoms with Gasteiger partial charge in [0, 0.05) is 60.5 Å². The van der Waals surface area contributed by atoms with Crippen molar-refractivity contribution in [1.82, 2.24) is 0 Å². The van der Waals surface area contributed by atoms with Crippen LogP contribution in [0.1, 0.15) is 121 Å². The summed E-state index contributed by atoms with van der Waals surface area (Å²) in [7, 11) is 0.858. The molecule has 0 radical (unpaired) electrons. The Kier molecular flexibility index (Phi) is 23.4. The number of phenolic OH excluding ortho intramolecular Hbond substituents is 2. The van der Waals surface area contributed by atoms with Crippen molar-refractivity contribution in [2.45, 2.75) is 117 Å². The number of aliphatic hydroxyl groups is 4. The fourth-order valence-electron chi connectivity index (χ4n) is 10.8. The molecule has 0 saturated heterocycles. The van der Waals surface area contributed by atoms with Crippen LogP contribution in [0.2, 0.25) is 0 Å². The molecule has 0 aliphatic rings. The lowest BCUT2D eigenvalue weighted by Crippen LogP contribution is -2.54. The van der Waals surface area contributed by atoms with Crippen molar-refractivity contribution in [3.63, 3.8) is 0 Å². The van der Waals surface area contributed by atoms with Gasteiger partial charge in [-0.1, -0.05) is 84.9 Å². The molecule has 0 aliphatic carbocycles.